The second-order valence-corrected chi connectivity index (χ2v) is 3.94. The zero-order chi connectivity index (χ0) is 13.4. The molecule has 0 aliphatic rings. The van der Waals surface area contributed by atoms with Crippen molar-refractivity contribution in [1.82, 2.24) is 14.6 Å². The standard InChI is InChI=1S/C13H7FN4O/c14-11-3-8(1-2-9(11)6-15)12-4-10(19)5-13-16-7-17-18(12)13/h1-5,7,19H. The number of halogens is 1. The minimum Gasteiger partial charge on any atom is -0.508 e. The predicted molar refractivity (Wildman–Crippen MR) is 64.8 cm³/mol. The summed E-state index contributed by atoms with van der Waals surface area (Å²) in [5.74, 6) is -0.600. The van der Waals surface area contributed by atoms with E-state index in [1.165, 1.54) is 35.1 Å². The Kier molecular flexibility index (Phi) is 2.39. The van der Waals surface area contributed by atoms with E-state index in [4.69, 9.17) is 5.26 Å². The number of nitrogens with zero attached hydrogens (tertiary/aromatic N) is 4. The van der Waals surface area contributed by atoms with Gasteiger partial charge in [-0.3, -0.25) is 0 Å². The van der Waals surface area contributed by atoms with E-state index >= 15 is 0 Å². The number of hydrogen-bond acceptors (Lipinski definition) is 4. The van der Waals surface area contributed by atoms with Crippen molar-refractivity contribution in [2.45, 2.75) is 0 Å². The fourth-order valence-electron chi connectivity index (χ4n) is 1.88. The first-order chi connectivity index (χ1) is 9.19. The van der Waals surface area contributed by atoms with E-state index in [1.807, 2.05) is 0 Å². The molecule has 5 nitrogen and oxygen atoms in total. The molecule has 0 fully saturated rings. The third-order valence-corrected chi connectivity index (χ3v) is 2.75. The van der Waals surface area contributed by atoms with Crippen LogP contribution in [0.4, 0.5) is 4.39 Å². The van der Waals surface area contributed by atoms with Gasteiger partial charge in [0, 0.05) is 17.7 Å². The van der Waals surface area contributed by atoms with Crippen LogP contribution in [-0.4, -0.2) is 19.7 Å². The summed E-state index contributed by atoms with van der Waals surface area (Å²) >= 11 is 0. The number of benzene rings is 1. The van der Waals surface area contributed by atoms with Crippen molar-refractivity contribution in [1.29, 1.82) is 5.26 Å². The Morgan fingerprint density at radius 1 is 1.26 bits per heavy atom. The van der Waals surface area contributed by atoms with Crippen LogP contribution < -0.4 is 0 Å². The molecule has 3 aromatic rings. The number of hydrogen-bond donors (Lipinski definition) is 1. The normalized spacial score (nSPS) is 10.5. The first-order valence-corrected chi connectivity index (χ1v) is 5.42. The predicted octanol–water partition coefficient (Wildman–Crippen LogP) is 2.11. The van der Waals surface area contributed by atoms with Crippen molar-refractivity contribution in [3.8, 4) is 23.1 Å². The smallest absolute Gasteiger partial charge is 0.159 e. The highest BCUT2D eigenvalue weighted by Crippen LogP contribution is 2.25. The topological polar surface area (TPSA) is 74.2 Å². The maximum absolute atomic E-state index is 13.6. The Morgan fingerprint density at radius 2 is 2.11 bits per heavy atom. The van der Waals surface area contributed by atoms with Gasteiger partial charge in [0.25, 0.3) is 0 Å². The molecular weight excluding hydrogens is 247 g/mol. The summed E-state index contributed by atoms with van der Waals surface area (Å²) < 4.78 is 15.1. The van der Waals surface area contributed by atoms with Gasteiger partial charge in [0.1, 0.15) is 24.0 Å². The number of nitriles is 1. The van der Waals surface area contributed by atoms with E-state index in [0.717, 1.165) is 0 Å². The molecule has 0 saturated carbocycles. The summed E-state index contributed by atoms with van der Waals surface area (Å²) in [6.45, 7) is 0. The van der Waals surface area contributed by atoms with Crippen molar-refractivity contribution < 1.29 is 9.50 Å². The lowest BCUT2D eigenvalue weighted by Gasteiger charge is -2.06. The maximum Gasteiger partial charge on any atom is 0.159 e. The van der Waals surface area contributed by atoms with Gasteiger partial charge in [0.2, 0.25) is 0 Å². The summed E-state index contributed by atoms with van der Waals surface area (Å²) in [4.78, 5) is 3.97. The van der Waals surface area contributed by atoms with Gasteiger partial charge in [0.05, 0.1) is 11.3 Å². The maximum atomic E-state index is 13.6. The highest BCUT2D eigenvalue weighted by Gasteiger charge is 2.10. The molecule has 0 spiro atoms. The van der Waals surface area contributed by atoms with E-state index in [2.05, 4.69) is 10.1 Å². The second-order valence-electron chi connectivity index (χ2n) is 3.94. The largest absolute Gasteiger partial charge is 0.508 e. The lowest BCUT2D eigenvalue weighted by molar-refractivity contribution is 0.475. The van der Waals surface area contributed by atoms with Crippen LogP contribution in [0, 0.1) is 17.1 Å². The van der Waals surface area contributed by atoms with Gasteiger partial charge >= 0.3 is 0 Å². The fraction of sp³-hybridized carbons (Fsp3) is 0. The SMILES string of the molecule is N#Cc1ccc(-c2cc(O)cc3ncnn23)cc1F. The molecule has 19 heavy (non-hydrogen) atoms. The lowest BCUT2D eigenvalue weighted by atomic mass is 10.1. The molecule has 1 aromatic carbocycles. The highest BCUT2D eigenvalue weighted by molar-refractivity contribution is 5.66. The molecular formula is C13H7FN4O. The van der Waals surface area contributed by atoms with Crippen LogP contribution in [-0.2, 0) is 0 Å². The van der Waals surface area contributed by atoms with E-state index in [0.29, 0.717) is 16.9 Å². The van der Waals surface area contributed by atoms with Crippen molar-refractivity contribution in [2.75, 3.05) is 0 Å². The molecule has 1 N–H and O–H groups in total. The summed E-state index contributed by atoms with van der Waals surface area (Å²) in [6, 6.07) is 8.89. The molecule has 0 radical (unpaired) electrons. The van der Waals surface area contributed by atoms with Crippen LogP contribution in [0.5, 0.6) is 5.75 Å². The van der Waals surface area contributed by atoms with Crippen LogP contribution in [0.2, 0.25) is 0 Å². The Labute approximate surface area is 107 Å². The van der Waals surface area contributed by atoms with Gasteiger partial charge in [0.15, 0.2) is 5.65 Å². The molecule has 0 aliphatic carbocycles. The van der Waals surface area contributed by atoms with Gasteiger partial charge < -0.3 is 5.11 Å². The summed E-state index contributed by atoms with van der Waals surface area (Å²) in [5, 5.41) is 22.4. The zero-order valence-electron chi connectivity index (χ0n) is 9.58. The minimum absolute atomic E-state index is 0.0141. The first kappa shape index (κ1) is 11.2. The quantitative estimate of drug-likeness (QED) is 0.721. The molecule has 2 heterocycles. The molecule has 2 aromatic heterocycles. The lowest BCUT2D eigenvalue weighted by Crippen LogP contribution is -1.95. The van der Waals surface area contributed by atoms with Crippen molar-refractivity contribution in [3.05, 3.63) is 48.0 Å². The van der Waals surface area contributed by atoms with Gasteiger partial charge in [-0.2, -0.15) is 10.4 Å². The fourth-order valence-corrected chi connectivity index (χ4v) is 1.88. The molecule has 6 heteroatoms. The molecule has 0 bridgehead atoms. The average Bonchev–Trinajstić information content (AvgIpc) is 2.85. The molecule has 0 aliphatic heterocycles. The van der Waals surface area contributed by atoms with Gasteiger partial charge in [-0.1, -0.05) is 6.07 Å². The van der Waals surface area contributed by atoms with Gasteiger partial charge in [-0.25, -0.2) is 13.9 Å². The first-order valence-electron chi connectivity index (χ1n) is 5.42. The van der Waals surface area contributed by atoms with Crippen molar-refractivity contribution in [3.63, 3.8) is 0 Å². The van der Waals surface area contributed by atoms with Gasteiger partial charge in [-0.05, 0) is 12.1 Å². The number of aromatic nitrogens is 3. The molecule has 92 valence electrons. The number of aromatic hydroxyl groups is 1. The zero-order valence-corrected chi connectivity index (χ0v) is 9.58. The van der Waals surface area contributed by atoms with E-state index in [1.54, 1.807) is 12.1 Å². The summed E-state index contributed by atoms with van der Waals surface area (Å²) in [6.07, 6.45) is 1.35. The van der Waals surface area contributed by atoms with Crippen LogP contribution in [0.1, 0.15) is 5.56 Å². The minimum atomic E-state index is -0.614. The molecule has 0 unspecified atom stereocenters. The van der Waals surface area contributed by atoms with E-state index in [9.17, 15) is 9.50 Å². The van der Waals surface area contributed by atoms with E-state index in [-0.39, 0.29) is 11.3 Å². The monoisotopic (exact) mass is 254 g/mol. The summed E-state index contributed by atoms with van der Waals surface area (Å²) in [5.41, 5.74) is 1.43. The summed E-state index contributed by atoms with van der Waals surface area (Å²) in [7, 11) is 0. The number of pyridine rings is 1. The molecule has 0 amide bonds. The average molecular weight is 254 g/mol. The Bertz CT molecular complexity index is 819. The van der Waals surface area contributed by atoms with Crippen LogP contribution >= 0.6 is 0 Å². The second kappa shape index (κ2) is 4.07. The van der Waals surface area contributed by atoms with Crippen LogP contribution in [0.25, 0.3) is 16.9 Å². The van der Waals surface area contributed by atoms with Crippen LogP contribution in [0.15, 0.2) is 36.7 Å². The number of fused-ring (bicyclic) bond motifs is 1. The Morgan fingerprint density at radius 3 is 2.84 bits per heavy atom. The highest BCUT2D eigenvalue weighted by atomic mass is 19.1. The Hall–Kier alpha value is -2.94. The van der Waals surface area contributed by atoms with Crippen molar-refractivity contribution >= 4 is 5.65 Å². The molecule has 3 rings (SSSR count). The van der Waals surface area contributed by atoms with E-state index < -0.39 is 5.82 Å². The third-order valence-electron chi connectivity index (χ3n) is 2.75. The van der Waals surface area contributed by atoms with Gasteiger partial charge in [-0.15, -0.1) is 0 Å². The molecule has 0 atom stereocenters. The van der Waals surface area contributed by atoms with Crippen LogP contribution in [0.3, 0.4) is 0 Å². The number of rotatable bonds is 1. The Balaban J connectivity index is 2.27. The molecule has 0 saturated heterocycles. The third kappa shape index (κ3) is 1.77. The van der Waals surface area contributed by atoms with Crippen molar-refractivity contribution in [2.24, 2.45) is 0 Å².